The van der Waals surface area contributed by atoms with Crippen molar-refractivity contribution in [2.75, 3.05) is 12.4 Å². The van der Waals surface area contributed by atoms with Gasteiger partial charge in [-0.3, -0.25) is 0 Å². The van der Waals surface area contributed by atoms with Crippen molar-refractivity contribution >= 4 is 11.8 Å². The molecule has 1 nitrogen and oxygen atoms in total. The number of unbranched alkanes of at least 4 members (excludes halogenated alkanes) is 1. The average Bonchev–Trinajstić information content (AvgIpc) is 2.13. The van der Waals surface area contributed by atoms with E-state index in [0.29, 0.717) is 6.61 Å². The molecule has 1 aromatic rings. The first-order valence-electron chi connectivity index (χ1n) is 4.63. The van der Waals surface area contributed by atoms with Gasteiger partial charge in [-0.2, -0.15) is 0 Å². The number of thioether (sulfide) groups is 1. The van der Waals surface area contributed by atoms with Crippen LogP contribution in [0.5, 0.6) is 0 Å². The first-order chi connectivity index (χ1) is 6.33. The Morgan fingerprint density at radius 1 is 1.31 bits per heavy atom. The first kappa shape index (κ1) is 10.6. The third kappa shape index (κ3) is 4.34. The zero-order valence-corrected chi connectivity index (χ0v) is 8.81. The predicted molar refractivity (Wildman–Crippen MR) is 58.2 cm³/mol. The monoisotopic (exact) mass is 196 g/mol. The predicted octanol–water partition coefficient (Wildman–Crippen LogP) is 2.86. The number of aryl methyl sites for hydroxylation is 1. The maximum Gasteiger partial charge on any atom is 0.0431 e. The Kier molecular flexibility index (Phi) is 4.94. The van der Waals surface area contributed by atoms with E-state index in [9.17, 15) is 0 Å². The van der Waals surface area contributed by atoms with Gasteiger partial charge in [-0.25, -0.2) is 0 Å². The molecule has 0 aliphatic rings. The van der Waals surface area contributed by atoms with Gasteiger partial charge in [0.15, 0.2) is 0 Å². The quantitative estimate of drug-likeness (QED) is 0.577. The summed E-state index contributed by atoms with van der Waals surface area (Å²) in [4.78, 5) is 1.33. The third-order valence-corrected chi connectivity index (χ3v) is 2.89. The second-order valence-corrected chi connectivity index (χ2v) is 4.26. The fourth-order valence-corrected chi connectivity index (χ4v) is 2.14. The van der Waals surface area contributed by atoms with Crippen molar-refractivity contribution in [2.45, 2.75) is 24.7 Å². The van der Waals surface area contributed by atoms with Crippen molar-refractivity contribution in [1.29, 1.82) is 0 Å². The summed E-state index contributed by atoms with van der Waals surface area (Å²) in [5.41, 5.74) is 1.31. The molecule has 0 saturated heterocycles. The topological polar surface area (TPSA) is 20.2 Å². The van der Waals surface area contributed by atoms with Crippen molar-refractivity contribution in [3.8, 4) is 0 Å². The number of benzene rings is 1. The lowest BCUT2D eigenvalue weighted by molar-refractivity contribution is 0.287. The third-order valence-electron chi connectivity index (χ3n) is 1.81. The minimum absolute atomic E-state index is 0.314. The summed E-state index contributed by atoms with van der Waals surface area (Å²) in [6, 6.07) is 8.53. The summed E-state index contributed by atoms with van der Waals surface area (Å²) < 4.78 is 0. The normalized spacial score (nSPS) is 10.3. The molecule has 0 spiro atoms. The van der Waals surface area contributed by atoms with Crippen LogP contribution in [0.2, 0.25) is 0 Å². The standard InChI is InChI=1S/C11H16OS/c1-10-5-4-6-11(9-10)13-8-3-2-7-12/h4-6,9,12H,2-3,7-8H2,1H3. The Hall–Kier alpha value is -0.470. The zero-order valence-electron chi connectivity index (χ0n) is 7.99. The second kappa shape index (κ2) is 6.06. The van der Waals surface area contributed by atoms with Gasteiger partial charge in [-0.15, -0.1) is 11.8 Å². The molecule has 0 bridgehead atoms. The molecular weight excluding hydrogens is 180 g/mol. The molecule has 0 aliphatic carbocycles. The SMILES string of the molecule is Cc1cccc(SCCCCO)c1. The van der Waals surface area contributed by atoms with Gasteiger partial charge in [-0.1, -0.05) is 17.7 Å². The molecule has 1 rings (SSSR count). The number of hydrogen-bond donors (Lipinski definition) is 1. The number of rotatable bonds is 5. The summed E-state index contributed by atoms with van der Waals surface area (Å²) in [7, 11) is 0. The summed E-state index contributed by atoms with van der Waals surface area (Å²) in [6.45, 7) is 2.42. The Labute approximate surface area is 84.2 Å². The molecule has 72 valence electrons. The number of aliphatic hydroxyl groups is 1. The van der Waals surface area contributed by atoms with Crippen LogP contribution < -0.4 is 0 Å². The van der Waals surface area contributed by atoms with E-state index in [1.165, 1.54) is 10.5 Å². The van der Waals surface area contributed by atoms with E-state index in [4.69, 9.17) is 5.11 Å². The van der Waals surface area contributed by atoms with Gasteiger partial charge in [0, 0.05) is 11.5 Å². The van der Waals surface area contributed by atoms with Gasteiger partial charge < -0.3 is 5.11 Å². The molecule has 0 unspecified atom stereocenters. The van der Waals surface area contributed by atoms with Gasteiger partial charge in [0.1, 0.15) is 0 Å². The molecular formula is C11H16OS. The van der Waals surface area contributed by atoms with Crippen LogP contribution in [-0.4, -0.2) is 17.5 Å². The Morgan fingerprint density at radius 3 is 2.85 bits per heavy atom. The second-order valence-electron chi connectivity index (χ2n) is 3.10. The Morgan fingerprint density at radius 2 is 2.15 bits per heavy atom. The van der Waals surface area contributed by atoms with Crippen molar-refractivity contribution in [2.24, 2.45) is 0 Å². The summed E-state index contributed by atoms with van der Waals surface area (Å²) in [5.74, 6) is 1.10. The lowest BCUT2D eigenvalue weighted by Gasteiger charge is -2.01. The van der Waals surface area contributed by atoms with Crippen LogP contribution in [-0.2, 0) is 0 Å². The molecule has 0 aliphatic heterocycles. The van der Waals surface area contributed by atoms with Crippen LogP contribution in [0, 0.1) is 6.92 Å². The molecule has 0 saturated carbocycles. The van der Waals surface area contributed by atoms with E-state index in [0.717, 1.165) is 18.6 Å². The summed E-state index contributed by atoms with van der Waals surface area (Å²) in [6.07, 6.45) is 2.01. The molecule has 13 heavy (non-hydrogen) atoms. The van der Waals surface area contributed by atoms with Crippen molar-refractivity contribution in [3.05, 3.63) is 29.8 Å². The highest BCUT2D eigenvalue weighted by Gasteiger charge is 1.93. The van der Waals surface area contributed by atoms with E-state index < -0.39 is 0 Å². The summed E-state index contributed by atoms with van der Waals surface area (Å²) in [5, 5.41) is 8.60. The lowest BCUT2D eigenvalue weighted by Crippen LogP contribution is -1.85. The smallest absolute Gasteiger partial charge is 0.0431 e. The van der Waals surface area contributed by atoms with Crippen LogP contribution in [0.15, 0.2) is 29.2 Å². The Bertz CT molecular complexity index is 248. The Balaban J connectivity index is 2.28. The maximum absolute atomic E-state index is 8.60. The minimum atomic E-state index is 0.314. The highest BCUT2D eigenvalue weighted by Crippen LogP contribution is 2.19. The fraction of sp³-hybridized carbons (Fsp3) is 0.455. The van der Waals surface area contributed by atoms with Crippen molar-refractivity contribution in [1.82, 2.24) is 0 Å². The molecule has 2 heteroatoms. The van der Waals surface area contributed by atoms with Crippen LogP contribution in [0.4, 0.5) is 0 Å². The van der Waals surface area contributed by atoms with Gasteiger partial charge in [0.05, 0.1) is 0 Å². The first-order valence-corrected chi connectivity index (χ1v) is 5.62. The molecule has 0 atom stereocenters. The van der Waals surface area contributed by atoms with E-state index in [2.05, 4.69) is 31.2 Å². The molecule has 1 aromatic carbocycles. The van der Waals surface area contributed by atoms with Crippen LogP contribution in [0.25, 0.3) is 0 Å². The molecule has 1 N–H and O–H groups in total. The average molecular weight is 196 g/mol. The van der Waals surface area contributed by atoms with E-state index in [1.807, 2.05) is 11.8 Å². The molecule has 0 amide bonds. The van der Waals surface area contributed by atoms with E-state index >= 15 is 0 Å². The molecule has 0 fully saturated rings. The van der Waals surface area contributed by atoms with Crippen LogP contribution in [0.3, 0.4) is 0 Å². The van der Waals surface area contributed by atoms with Crippen LogP contribution in [0.1, 0.15) is 18.4 Å². The van der Waals surface area contributed by atoms with E-state index in [1.54, 1.807) is 0 Å². The lowest BCUT2D eigenvalue weighted by atomic mass is 10.2. The molecule has 0 aromatic heterocycles. The fourth-order valence-electron chi connectivity index (χ4n) is 1.11. The number of aliphatic hydroxyl groups excluding tert-OH is 1. The minimum Gasteiger partial charge on any atom is -0.396 e. The van der Waals surface area contributed by atoms with Gasteiger partial charge >= 0.3 is 0 Å². The van der Waals surface area contributed by atoms with Gasteiger partial charge in [-0.05, 0) is 37.7 Å². The van der Waals surface area contributed by atoms with Gasteiger partial charge in [0.25, 0.3) is 0 Å². The molecule has 0 heterocycles. The maximum atomic E-state index is 8.60. The zero-order chi connectivity index (χ0) is 9.52. The highest BCUT2D eigenvalue weighted by molar-refractivity contribution is 7.99. The van der Waals surface area contributed by atoms with Crippen molar-refractivity contribution in [3.63, 3.8) is 0 Å². The highest BCUT2D eigenvalue weighted by atomic mass is 32.2. The molecule has 0 radical (unpaired) electrons. The number of hydrogen-bond acceptors (Lipinski definition) is 2. The largest absolute Gasteiger partial charge is 0.396 e. The van der Waals surface area contributed by atoms with Crippen molar-refractivity contribution < 1.29 is 5.11 Å². The van der Waals surface area contributed by atoms with Crippen LogP contribution >= 0.6 is 11.8 Å². The summed E-state index contributed by atoms with van der Waals surface area (Å²) >= 11 is 1.86. The van der Waals surface area contributed by atoms with E-state index in [-0.39, 0.29) is 0 Å². The van der Waals surface area contributed by atoms with Gasteiger partial charge in [0.2, 0.25) is 0 Å².